The van der Waals surface area contributed by atoms with E-state index in [9.17, 15) is 4.79 Å². The van der Waals surface area contributed by atoms with Crippen LogP contribution in [0.3, 0.4) is 0 Å². The molecule has 1 aliphatic heterocycles. The van der Waals surface area contributed by atoms with Crippen LogP contribution in [0.5, 0.6) is 5.75 Å². The molecular formula is C36H36N8O2. The van der Waals surface area contributed by atoms with E-state index in [2.05, 4.69) is 49.5 Å². The third-order valence-corrected chi connectivity index (χ3v) is 10.3. The average molecular weight is 613 g/mol. The minimum Gasteiger partial charge on any atom is -0.494 e. The third kappa shape index (κ3) is 4.42. The first-order valence-electron chi connectivity index (χ1n) is 16.2. The first kappa shape index (κ1) is 27.4. The normalized spacial score (nSPS) is 20.7. The number of methoxy groups -OCH3 is 1. The second kappa shape index (κ2) is 10.6. The largest absolute Gasteiger partial charge is 0.494 e. The zero-order valence-electron chi connectivity index (χ0n) is 25.8. The molecule has 0 radical (unpaired) electrons. The van der Waals surface area contributed by atoms with E-state index in [1.165, 1.54) is 23.7 Å². The summed E-state index contributed by atoms with van der Waals surface area (Å²) in [6.07, 6.45) is 12.0. The van der Waals surface area contributed by atoms with Gasteiger partial charge in [-0.3, -0.25) is 9.78 Å². The van der Waals surface area contributed by atoms with Crippen LogP contribution in [0.2, 0.25) is 0 Å². The van der Waals surface area contributed by atoms with Gasteiger partial charge in [0, 0.05) is 65.8 Å². The van der Waals surface area contributed by atoms with E-state index in [0.717, 1.165) is 53.2 Å². The van der Waals surface area contributed by atoms with E-state index in [-0.39, 0.29) is 18.0 Å². The highest BCUT2D eigenvalue weighted by atomic mass is 16.5. The molecular weight excluding hydrogens is 576 g/mol. The number of pyridine rings is 1. The molecule has 9 rings (SSSR count). The van der Waals surface area contributed by atoms with Crippen molar-refractivity contribution in [2.24, 2.45) is 17.6 Å². The fourth-order valence-electron chi connectivity index (χ4n) is 7.72. The van der Waals surface area contributed by atoms with Crippen LogP contribution < -0.4 is 10.5 Å². The monoisotopic (exact) mass is 612 g/mol. The van der Waals surface area contributed by atoms with E-state index in [4.69, 9.17) is 15.5 Å². The molecule has 10 heteroatoms. The zero-order chi connectivity index (χ0) is 30.9. The lowest BCUT2D eigenvalue weighted by Crippen LogP contribution is -2.41. The molecule has 5 heterocycles. The highest BCUT2D eigenvalue weighted by Crippen LogP contribution is 2.40. The summed E-state index contributed by atoms with van der Waals surface area (Å²) in [5.41, 5.74) is 12.9. The minimum absolute atomic E-state index is 0.000393. The molecule has 2 aromatic carbocycles. The van der Waals surface area contributed by atoms with Crippen LogP contribution in [0.1, 0.15) is 41.6 Å². The highest BCUT2D eigenvalue weighted by Gasteiger charge is 2.47. The molecule has 2 N–H and O–H groups in total. The van der Waals surface area contributed by atoms with Gasteiger partial charge in [-0.2, -0.15) is 5.10 Å². The number of nitrogens with two attached hydrogens (primary N) is 1. The number of para-hydroxylation sites is 1. The molecule has 1 saturated heterocycles. The van der Waals surface area contributed by atoms with Gasteiger partial charge in [0.2, 0.25) is 0 Å². The van der Waals surface area contributed by atoms with Gasteiger partial charge in [-0.05, 0) is 73.9 Å². The van der Waals surface area contributed by atoms with Gasteiger partial charge in [0.05, 0.1) is 36.7 Å². The van der Waals surface area contributed by atoms with Crippen molar-refractivity contribution in [1.82, 2.24) is 33.8 Å². The van der Waals surface area contributed by atoms with E-state index >= 15 is 0 Å². The van der Waals surface area contributed by atoms with Crippen molar-refractivity contribution in [2.75, 3.05) is 13.7 Å². The Bertz CT molecular complexity index is 2110. The summed E-state index contributed by atoms with van der Waals surface area (Å²) < 4.78 is 12.5. The number of fused-ring (bicyclic) bond motifs is 4. The van der Waals surface area contributed by atoms with Gasteiger partial charge < -0.3 is 24.5 Å². The van der Waals surface area contributed by atoms with Gasteiger partial charge in [-0.25, -0.2) is 9.67 Å². The van der Waals surface area contributed by atoms with Crippen LogP contribution in [-0.2, 0) is 13.1 Å². The number of likely N-dealkylation sites (tertiary alicyclic amines) is 1. The van der Waals surface area contributed by atoms with Gasteiger partial charge in [0.25, 0.3) is 5.91 Å². The maximum Gasteiger partial charge on any atom is 0.254 e. The summed E-state index contributed by atoms with van der Waals surface area (Å²) in [6, 6.07) is 18.6. The molecule has 2 unspecified atom stereocenters. The Morgan fingerprint density at radius 3 is 2.63 bits per heavy atom. The van der Waals surface area contributed by atoms with Crippen molar-refractivity contribution in [3.05, 3.63) is 90.5 Å². The van der Waals surface area contributed by atoms with Crippen LogP contribution in [0.4, 0.5) is 0 Å². The number of aromatic nitrogens is 6. The maximum atomic E-state index is 13.9. The number of imidazole rings is 1. The lowest BCUT2D eigenvalue weighted by molar-refractivity contribution is 0.0700. The van der Waals surface area contributed by atoms with Gasteiger partial charge in [-0.15, -0.1) is 0 Å². The van der Waals surface area contributed by atoms with Crippen LogP contribution in [0, 0.1) is 11.8 Å². The second-order valence-electron chi connectivity index (χ2n) is 13.1. The summed E-state index contributed by atoms with van der Waals surface area (Å²) in [5, 5.41) is 5.84. The fourth-order valence-corrected chi connectivity index (χ4v) is 7.72. The number of ether oxygens (including phenoxy) is 1. The number of amides is 1. The standard InChI is InChI=1S/C36H36N8O2/c1-46-32-16-26(36(45)42-21-25-8-9-30(42)33(25)37)14-28-34(32)43(19-23-17-39-44(20-23)27-10-12-38-13-11-27)35(40-28)31-15-24-4-2-3-5-29(24)41(31)18-22-6-7-22/h2-5,10-17,20,22,25,30,33H,6-9,18-19,21,37H2,1H3/t25?,30?,33-/m1/s1. The van der Waals surface area contributed by atoms with Crippen molar-refractivity contribution >= 4 is 27.8 Å². The predicted molar refractivity (Wildman–Crippen MR) is 176 cm³/mol. The first-order chi connectivity index (χ1) is 22.6. The predicted octanol–water partition coefficient (Wildman–Crippen LogP) is 5.27. The molecule has 3 atom stereocenters. The topological polar surface area (TPSA) is 109 Å². The lowest BCUT2D eigenvalue weighted by Gasteiger charge is -2.27. The van der Waals surface area contributed by atoms with Crippen LogP contribution in [-0.4, -0.2) is 65.4 Å². The van der Waals surface area contributed by atoms with E-state index < -0.39 is 0 Å². The Kier molecular flexibility index (Phi) is 6.28. The molecule has 2 saturated carbocycles. The second-order valence-corrected chi connectivity index (χ2v) is 13.1. The number of hydrogen-bond donors (Lipinski definition) is 1. The molecule has 4 aromatic heterocycles. The Balaban J connectivity index is 1.20. The number of nitrogens with zero attached hydrogens (tertiary/aromatic N) is 7. The summed E-state index contributed by atoms with van der Waals surface area (Å²) in [6.45, 7) is 2.19. The summed E-state index contributed by atoms with van der Waals surface area (Å²) >= 11 is 0. The molecule has 2 bridgehead atoms. The minimum atomic E-state index is 0.000393. The molecule has 46 heavy (non-hydrogen) atoms. The number of benzene rings is 2. The molecule has 3 fully saturated rings. The first-order valence-corrected chi connectivity index (χ1v) is 16.2. The quantitative estimate of drug-likeness (QED) is 0.251. The number of piperidine rings is 1. The van der Waals surface area contributed by atoms with Crippen LogP contribution in [0.15, 0.2) is 79.4 Å². The van der Waals surface area contributed by atoms with Crippen molar-refractivity contribution in [3.8, 4) is 23.0 Å². The molecule has 3 aliphatic rings. The summed E-state index contributed by atoms with van der Waals surface area (Å²) in [4.78, 5) is 25.4. The van der Waals surface area contributed by atoms with Gasteiger partial charge in [0.15, 0.2) is 5.82 Å². The molecule has 232 valence electrons. The summed E-state index contributed by atoms with van der Waals surface area (Å²) in [7, 11) is 1.67. The van der Waals surface area contributed by atoms with E-state index in [1.807, 2.05) is 46.2 Å². The number of carbonyl (C=O) groups is 1. The van der Waals surface area contributed by atoms with Crippen molar-refractivity contribution in [2.45, 2.75) is 50.9 Å². The molecule has 1 amide bonds. The van der Waals surface area contributed by atoms with Gasteiger partial charge in [-0.1, -0.05) is 18.2 Å². The van der Waals surface area contributed by atoms with Gasteiger partial charge in [0.1, 0.15) is 11.3 Å². The fraction of sp³-hybridized carbons (Fsp3) is 0.333. The van der Waals surface area contributed by atoms with Crippen molar-refractivity contribution < 1.29 is 9.53 Å². The number of carbonyl (C=O) groups excluding carboxylic acids is 1. The Hall–Kier alpha value is -4.96. The van der Waals surface area contributed by atoms with Gasteiger partial charge >= 0.3 is 0 Å². The third-order valence-electron chi connectivity index (χ3n) is 10.3. The maximum absolute atomic E-state index is 13.9. The van der Waals surface area contributed by atoms with Crippen molar-refractivity contribution in [3.63, 3.8) is 0 Å². The Morgan fingerprint density at radius 1 is 1.02 bits per heavy atom. The smallest absolute Gasteiger partial charge is 0.254 e. The molecule has 2 aliphatic carbocycles. The van der Waals surface area contributed by atoms with E-state index in [1.54, 1.807) is 19.5 Å². The Morgan fingerprint density at radius 2 is 1.87 bits per heavy atom. The SMILES string of the molecule is COc1cc(C(=O)N2CC3CCC2[C@@H]3N)cc2nc(-c3cc4ccccc4n3CC3CC3)n(Cc3cnn(-c4ccncc4)c3)c12. The number of rotatable bonds is 8. The highest BCUT2D eigenvalue weighted by molar-refractivity contribution is 6.00. The lowest BCUT2D eigenvalue weighted by atomic mass is 10.1. The Labute approximate surface area is 266 Å². The van der Waals surface area contributed by atoms with Crippen LogP contribution in [0.25, 0.3) is 39.1 Å². The molecule has 0 spiro atoms. The summed E-state index contributed by atoms with van der Waals surface area (Å²) in [5.74, 6) is 2.52. The molecule has 6 aromatic rings. The number of hydrogen-bond acceptors (Lipinski definition) is 6. The zero-order valence-corrected chi connectivity index (χ0v) is 25.8. The van der Waals surface area contributed by atoms with E-state index in [0.29, 0.717) is 36.2 Å². The average Bonchev–Trinajstić information content (AvgIpc) is 3.40. The molecule has 10 nitrogen and oxygen atoms in total. The van der Waals surface area contributed by atoms with Crippen LogP contribution >= 0.6 is 0 Å². The van der Waals surface area contributed by atoms with Crippen molar-refractivity contribution in [1.29, 1.82) is 0 Å².